The van der Waals surface area contributed by atoms with Crippen LogP contribution in [0.15, 0.2) is 42.5 Å². The molecule has 0 N–H and O–H groups in total. The van der Waals surface area contributed by atoms with Crippen LogP contribution in [0.1, 0.15) is 35.1 Å². The van der Waals surface area contributed by atoms with Crippen LogP contribution in [0.4, 0.5) is 0 Å². The second kappa shape index (κ2) is 6.14. The molecule has 1 aromatic carbocycles. The summed E-state index contributed by atoms with van der Waals surface area (Å²) in [7, 11) is 0. The summed E-state index contributed by atoms with van der Waals surface area (Å²) in [6, 6.07) is 13.5. The lowest BCUT2D eigenvalue weighted by Gasteiger charge is -2.09. The lowest BCUT2D eigenvalue weighted by Crippen LogP contribution is -2.04. The first kappa shape index (κ1) is 13.3. The highest BCUT2D eigenvalue weighted by Gasteiger charge is 2.08. The van der Waals surface area contributed by atoms with Crippen molar-refractivity contribution < 1.29 is 9.53 Å². The van der Waals surface area contributed by atoms with Gasteiger partial charge in [-0.3, -0.25) is 4.79 Å². The van der Waals surface area contributed by atoms with Gasteiger partial charge in [-0.2, -0.15) is 0 Å². The summed E-state index contributed by atoms with van der Waals surface area (Å²) in [4.78, 5) is 15.8. The first-order valence-corrected chi connectivity index (χ1v) is 6.38. The second-order valence-corrected chi connectivity index (χ2v) is 4.33. The van der Waals surface area contributed by atoms with Crippen molar-refractivity contribution in [2.24, 2.45) is 0 Å². The van der Waals surface area contributed by atoms with Crippen molar-refractivity contribution in [2.45, 2.75) is 26.9 Å². The molecule has 3 heteroatoms. The molecule has 1 heterocycles. The molecule has 0 unspecified atom stereocenters. The highest BCUT2D eigenvalue weighted by molar-refractivity contribution is 5.94. The third-order valence-electron chi connectivity index (χ3n) is 2.88. The summed E-state index contributed by atoms with van der Waals surface area (Å²) in [5.74, 6) is 0.772. The Bertz CT molecular complexity index is 564. The number of Topliss-reactive ketones (excluding diaryl/α,β-unsaturated/α-hetero) is 1. The second-order valence-electron chi connectivity index (χ2n) is 4.33. The predicted molar refractivity (Wildman–Crippen MR) is 74.4 cm³/mol. The maximum Gasteiger partial charge on any atom is 0.180 e. The van der Waals surface area contributed by atoms with Crippen LogP contribution < -0.4 is 4.74 Å². The molecule has 0 saturated heterocycles. The van der Waals surface area contributed by atoms with Crippen LogP contribution in [0, 0.1) is 6.92 Å². The summed E-state index contributed by atoms with van der Waals surface area (Å²) in [5.41, 5.74) is 2.36. The zero-order valence-electron chi connectivity index (χ0n) is 11.2. The third kappa shape index (κ3) is 3.41. The van der Waals surface area contributed by atoms with Gasteiger partial charge in [-0.1, -0.05) is 37.3 Å². The molecule has 0 aliphatic heterocycles. The smallest absolute Gasteiger partial charge is 0.180 e. The molecule has 0 atom stereocenters. The molecular weight excluding hydrogens is 238 g/mol. The SMILES string of the molecule is CCC(=O)c1ccc(OCc2ccccc2)c(C)n1. The van der Waals surface area contributed by atoms with Gasteiger partial charge in [0.15, 0.2) is 5.78 Å². The number of aromatic nitrogens is 1. The van der Waals surface area contributed by atoms with E-state index in [-0.39, 0.29) is 5.78 Å². The molecule has 0 bridgehead atoms. The highest BCUT2D eigenvalue weighted by Crippen LogP contribution is 2.18. The molecule has 2 aromatic rings. The number of ether oxygens (including phenoxy) is 1. The van der Waals surface area contributed by atoms with E-state index < -0.39 is 0 Å². The van der Waals surface area contributed by atoms with Gasteiger partial charge in [-0.25, -0.2) is 4.98 Å². The van der Waals surface area contributed by atoms with Gasteiger partial charge >= 0.3 is 0 Å². The molecular formula is C16H17NO2. The molecule has 19 heavy (non-hydrogen) atoms. The zero-order chi connectivity index (χ0) is 13.7. The maximum absolute atomic E-state index is 11.6. The Morgan fingerprint density at radius 3 is 2.53 bits per heavy atom. The number of aryl methyl sites for hydroxylation is 1. The largest absolute Gasteiger partial charge is 0.487 e. The summed E-state index contributed by atoms with van der Waals surface area (Å²) in [6.07, 6.45) is 0.469. The van der Waals surface area contributed by atoms with Crippen LogP contribution in [0.25, 0.3) is 0 Å². The van der Waals surface area contributed by atoms with Crippen LogP contribution in [0.5, 0.6) is 5.75 Å². The monoisotopic (exact) mass is 255 g/mol. The molecule has 2 rings (SSSR count). The third-order valence-corrected chi connectivity index (χ3v) is 2.88. The van der Waals surface area contributed by atoms with Crippen LogP contribution >= 0.6 is 0 Å². The Labute approximate surface area is 113 Å². The molecule has 0 amide bonds. The Morgan fingerprint density at radius 1 is 1.16 bits per heavy atom. The molecule has 0 aliphatic rings. The fourth-order valence-corrected chi connectivity index (χ4v) is 1.77. The van der Waals surface area contributed by atoms with Crippen molar-refractivity contribution in [3.05, 3.63) is 59.4 Å². The van der Waals surface area contributed by atoms with Gasteiger partial charge in [0.05, 0.1) is 5.69 Å². The number of nitrogens with zero attached hydrogens (tertiary/aromatic N) is 1. The first-order valence-electron chi connectivity index (χ1n) is 6.38. The summed E-state index contributed by atoms with van der Waals surface area (Å²) >= 11 is 0. The number of hydrogen-bond acceptors (Lipinski definition) is 3. The van der Waals surface area contributed by atoms with Crippen LogP contribution in [-0.2, 0) is 6.61 Å². The molecule has 0 radical (unpaired) electrons. The van der Waals surface area contributed by atoms with Gasteiger partial charge in [0, 0.05) is 6.42 Å². The van der Waals surface area contributed by atoms with Crippen LogP contribution in [0.3, 0.4) is 0 Å². The van der Waals surface area contributed by atoms with Gasteiger partial charge in [0.1, 0.15) is 18.1 Å². The van der Waals surface area contributed by atoms with Gasteiger partial charge in [0.2, 0.25) is 0 Å². The minimum Gasteiger partial charge on any atom is -0.487 e. The van der Waals surface area contributed by atoms with E-state index >= 15 is 0 Å². The number of carbonyl (C=O) groups is 1. The Morgan fingerprint density at radius 2 is 1.89 bits per heavy atom. The average molecular weight is 255 g/mol. The summed E-state index contributed by atoms with van der Waals surface area (Å²) < 4.78 is 5.72. The minimum absolute atomic E-state index is 0.0534. The van der Waals surface area contributed by atoms with Crippen molar-refractivity contribution in [1.29, 1.82) is 0 Å². The molecule has 0 aliphatic carbocycles. The van der Waals surface area contributed by atoms with E-state index in [1.54, 1.807) is 6.07 Å². The van der Waals surface area contributed by atoms with Gasteiger partial charge in [0.25, 0.3) is 0 Å². The normalized spacial score (nSPS) is 10.2. The number of ketones is 1. The van der Waals surface area contributed by atoms with Crippen molar-refractivity contribution in [3.8, 4) is 5.75 Å². The predicted octanol–water partition coefficient (Wildman–Crippen LogP) is 3.56. The number of pyridine rings is 1. The van der Waals surface area contributed by atoms with E-state index in [2.05, 4.69) is 4.98 Å². The van der Waals surface area contributed by atoms with Gasteiger partial charge < -0.3 is 4.74 Å². The highest BCUT2D eigenvalue weighted by atomic mass is 16.5. The van der Waals surface area contributed by atoms with Crippen molar-refractivity contribution in [3.63, 3.8) is 0 Å². The Balaban J connectivity index is 2.07. The first-order chi connectivity index (χ1) is 9.20. The van der Waals surface area contributed by atoms with Crippen molar-refractivity contribution >= 4 is 5.78 Å². The van der Waals surface area contributed by atoms with E-state index in [9.17, 15) is 4.79 Å². The topological polar surface area (TPSA) is 39.2 Å². The minimum atomic E-state index is 0.0534. The molecule has 98 valence electrons. The van der Waals surface area contributed by atoms with Crippen LogP contribution in [0.2, 0.25) is 0 Å². The van der Waals surface area contributed by atoms with E-state index in [1.165, 1.54) is 0 Å². The standard InChI is InChI=1S/C16H17NO2/c1-3-15(18)14-9-10-16(12(2)17-14)19-11-13-7-5-4-6-8-13/h4-10H,3,11H2,1-2H3. The molecule has 0 fully saturated rings. The summed E-state index contributed by atoms with van der Waals surface area (Å²) in [5, 5.41) is 0. The molecule has 1 aromatic heterocycles. The van der Waals surface area contributed by atoms with Crippen molar-refractivity contribution in [2.75, 3.05) is 0 Å². The molecule has 0 spiro atoms. The number of rotatable bonds is 5. The average Bonchev–Trinajstić information content (AvgIpc) is 2.46. The summed E-state index contributed by atoms with van der Waals surface area (Å²) in [6.45, 7) is 4.19. The van der Waals surface area contributed by atoms with E-state index in [0.29, 0.717) is 18.7 Å². The quantitative estimate of drug-likeness (QED) is 0.767. The Kier molecular flexibility index (Phi) is 4.29. The van der Waals surface area contributed by atoms with Crippen molar-refractivity contribution in [1.82, 2.24) is 4.98 Å². The van der Waals surface area contributed by atoms with E-state index in [1.807, 2.05) is 50.2 Å². The Hall–Kier alpha value is -2.16. The molecule has 3 nitrogen and oxygen atoms in total. The lowest BCUT2D eigenvalue weighted by atomic mass is 10.2. The maximum atomic E-state index is 11.6. The number of carbonyl (C=O) groups excluding carboxylic acids is 1. The van der Waals surface area contributed by atoms with E-state index in [0.717, 1.165) is 17.0 Å². The lowest BCUT2D eigenvalue weighted by molar-refractivity contribution is 0.0983. The number of benzene rings is 1. The molecule has 0 saturated carbocycles. The number of hydrogen-bond donors (Lipinski definition) is 0. The van der Waals surface area contributed by atoms with E-state index in [4.69, 9.17) is 4.74 Å². The van der Waals surface area contributed by atoms with Gasteiger partial charge in [-0.15, -0.1) is 0 Å². The zero-order valence-corrected chi connectivity index (χ0v) is 11.2. The van der Waals surface area contributed by atoms with Gasteiger partial charge in [-0.05, 0) is 24.6 Å². The van der Waals surface area contributed by atoms with Crippen LogP contribution in [-0.4, -0.2) is 10.8 Å². The fourth-order valence-electron chi connectivity index (χ4n) is 1.77. The fraction of sp³-hybridized carbons (Fsp3) is 0.250.